The number of carboxylic acid groups (broad SMARTS) is 3. The largest absolute Gasteiger partial charge is 0.508 e. The van der Waals surface area contributed by atoms with E-state index in [0.29, 0.717) is 36.1 Å². The molecule has 160 valence electrons. The molecule has 1 aliphatic heterocycles. The van der Waals surface area contributed by atoms with E-state index in [9.17, 15) is 29.7 Å². The molecule has 4 atom stereocenters. The second-order valence-corrected chi connectivity index (χ2v) is 7.98. The van der Waals surface area contributed by atoms with Gasteiger partial charge >= 0.3 is 17.9 Å². The van der Waals surface area contributed by atoms with Crippen molar-refractivity contribution in [2.45, 2.75) is 59.0 Å². The molecule has 0 aliphatic carbocycles. The quantitative estimate of drug-likeness (QED) is 0.489. The van der Waals surface area contributed by atoms with Gasteiger partial charge in [-0.05, 0) is 43.7 Å². The molecule has 1 aromatic carbocycles. The summed E-state index contributed by atoms with van der Waals surface area (Å²) in [5.41, 5.74) is 1.59. The summed E-state index contributed by atoms with van der Waals surface area (Å²) < 4.78 is 6.09. The molecule has 8 nitrogen and oxygen atoms in total. The maximum absolute atomic E-state index is 11.4. The van der Waals surface area contributed by atoms with Crippen LogP contribution in [0.1, 0.15) is 50.3 Å². The van der Waals surface area contributed by atoms with Crippen molar-refractivity contribution in [1.29, 1.82) is 0 Å². The van der Waals surface area contributed by atoms with Crippen molar-refractivity contribution in [3.05, 3.63) is 22.8 Å². The predicted octanol–water partition coefficient (Wildman–Crippen LogP) is 2.72. The monoisotopic (exact) mass is 408 g/mol. The third-order valence-electron chi connectivity index (χ3n) is 5.47. The van der Waals surface area contributed by atoms with Gasteiger partial charge in [-0.2, -0.15) is 0 Å². The van der Waals surface area contributed by atoms with Gasteiger partial charge in [0.05, 0.1) is 23.9 Å². The van der Waals surface area contributed by atoms with Crippen molar-refractivity contribution in [2.24, 2.45) is 17.8 Å². The predicted molar refractivity (Wildman–Crippen MR) is 103 cm³/mol. The second kappa shape index (κ2) is 9.15. The molecule has 0 fully saturated rings. The van der Waals surface area contributed by atoms with Crippen molar-refractivity contribution >= 4 is 17.9 Å². The Morgan fingerprint density at radius 1 is 0.966 bits per heavy atom. The van der Waals surface area contributed by atoms with Crippen LogP contribution in [0.3, 0.4) is 0 Å². The molecular weight excluding hydrogens is 380 g/mol. The van der Waals surface area contributed by atoms with E-state index in [4.69, 9.17) is 9.84 Å². The zero-order chi connectivity index (χ0) is 21.9. The molecule has 2 rings (SSSR count). The highest BCUT2D eigenvalue weighted by atomic mass is 16.5. The Balaban J connectivity index is 2.46. The van der Waals surface area contributed by atoms with E-state index in [0.717, 1.165) is 5.56 Å². The van der Waals surface area contributed by atoms with Gasteiger partial charge in [0.1, 0.15) is 11.5 Å². The van der Waals surface area contributed by atoms with Crippen molar-refractivity contribution in [3.63, 3.8) is 0 Å². The zero-order valence-electron chi connectivity index (χ0n) is 16.8. The minimum Gasteiger partial charge on any atom is -0.508 e. The molecule has 1 aromatic rings. The molecule has 0 radical (unpaired) electrons. The molecule has 4 N–H and O–H groups in total. The molecule has 0 saturated heterocycles. The number of ether oxygens (including phenoxy) is 1. The summed E-state index contributed by atoms with van der Waals surface area (Å²) in [6.07, 6.45) is 1.22. The Bertz CT molecular complexity index is 800. The van der Waals surface area contributed by atoms with E-state index >= 15 is 0 Å². The average Bonchev–Trinajstić information content (AvgIpc) is 2.64. The molecule has 0 bridgehead atoms. The van der Waals surface area contributed by atoms with Crippen molar-refractivity contribution in [2.75, 3.05) is 0 Å². The highest BCUT2D eigenvalue weighted by Crippen LogP contribution is 2.41. The van der Waals surface area contributed by atoms with Crippen LogP contribution in [0.2, 0.25) is 0 Å². The highest BCUT2D eigenvalue weighted by Gasteiger charge is 2.31. The molecule has 29 heavy (non-hydrogen) atoms. The maximum Gasteiger partial charge on any atom is 0.306 e. The highest BCUT2D eigenvalue weighted by molar-refractivity contribution is 5.72. The van der Waals surface area contributed by atoms with Gasteiger partial charge < -0.3 is 25.2 Å². The third-order valence-corrected chi connectivity index (χ3v) is 5.47. The molecule has 4 unspecified atom stereocenters. The van der Waals surface area contributed by atoms with Gasteiger partial charge in [0.15, 0.2) is 0 Å². The number of benzene rings is 1. The number of hydrogen-bond donors (Lipinski definition) is 4. The van der Waals surface area contributed by atoms with Crippen LogP contribution in [0.25, 0.3) is 0 Å². The molecule has 1 aliphatic rings. The lowest BCUT2D eigenvalue weighted by Gasteiger charge is -2.31. The summed E-state index contributed by atoms with van der Waals surface area (Å²) in [5, 5.41) is 38.3. The van der Waals surface area contributed by atoms with Crippen LogP contribution in [0.5, 0.6) is 11.5 Å². The number of carbonyl (C=O) groups is 3. The van der Waals surface area contributed by atoms with Gasteiger partial charge in [-0.15, -0.1) is 0 Å². The third kappa shape index (κ3) is 5.40. The van der Waals surface area contributed by atoms with Crippen LogP contribution < -0.4 is 4.74 Å². The number of aryl methyl sites for hydroxylation is 1. The van der Waals surface area contributed by atoms with E-state index in [-0.39, 0.29) is 24.7 Å². The minimum absolute atomic E-state index is 0.0374. The van der Waals surface area contributed by atoms with Gasteiger partial charge in [-0.25, -0.2) is 0 Å². The van der Waals surface area contributed by atoms with Crippen molar-refractivity contribution in [3.8, 4) is 11.5 Å². The van der Waals surface area contributed by atoms with Crippen LogP contribution in [0, 0.1) is 17.8 Å². The minimum atomic E-state index is -1.02. The molecule has 0 saturated carbocycles. The summed E-state index contributed by atoms with van der Waals surface area (Å²) in [5.74, 6) is -4.68. The molecule has 0 aromatic heterocycles. The maximum atomic E-state index is 11.4. The molecule has 8 heteroatoms. The topological polar surface area (TPSA) is 141 Å². The summed E-state index contributed by atoms with van der Waals surface area (Å²) in [6.45, 7) is 4.66. The second-order valence-electron chi connectivity index (χ2n) is 7.98. The fourth-order valence-electron chi connectivity index (χ4n) is 3.57. The first-order valence-electron chi connectivity index (χ1n) is 9.72. The lowest BCUT2D eigenvalue weighted by Crippen LogP contribution is -2.29. The van der Waals surface area contributed by atoms with E-state index in [1.54, 1.807) is 13.0 Å². The summed E-state index contributed by atoms with van der Waals surface area (Å²) in [7, 11) is 0. The van der Waals surface area contributed by atoms with E-state index in [1.807, 2.05) is 0 Å². The fraction of sp³-hybridized carbons (Fsp3) is 0.571. The number of aliphatic carboxylic acids is 3. The molecule has 0 spiro atoms. The Labute approximate surface area is 169 Å². The van der Waals surface area contributed by atoms with E-state index < -0.39 is 35.7 Å². The van der Waals surface area contributed by atoms with Gasteiger partial charge in [0, 0.05) is 11.1 Å². The number of carboxylic acids is 3. The molecular formula is C21H28O8. The summed E-state index contributed by atoms with van der Waals surface area (Å²) in [6, 6.07) is 1.55. The first-order valence-corrected chi connectivity index (χ1v) is 9.72. The molecule has 0 amide bonds. The van der Waals surface area contributed by atoms with Gasteiger partial charge in [-0.1, -0.05) is 20.8 Å². The van der Waals surface area contributed by atoms with Crippen molar-refractivity contribution < 1.29 is 39.5 Å². The molecule has 1 heterocycles. The van der Waals surface area contributed by atoms with Gasteiger partial charge in [0.2, 0.25) is 0 Å². The normalized spacial score (nSPS) is 18.8. The van der Waals surface area contributed by atoms with Crippen LogP contribution >= 0.6 is 0 Å². The van der Waals surface area contributed by atoms with Crippen LogP contribution in [0.4, 0.5) is 0 Å². The standard InChI is InChI=1S/C21H28O8/c1-10(19(23)24)6-14-5-4-13-9-17(22)15(7-11(2)20(25)26)16(18(13)29-14)8-12(3)21(27)28/h9-12,14,22H,4-8H2,1-3H3,(H,23,24)(H,25,26)(H,27,28). The van der Waals surface area contributed by atoms with Crippen LogP contribution in [-0.2, 0) is 33.6 Å². The first-order chi connectivity index (χ1) is 13.5. The number of fused-ring (bicyclic) bond motifs is 1. The van der Waals surface area contributed by atoms with Crippen molar-refractivity contribution in [1.82, 2.24) is 0 Å². The van der Waals surface area contributed by atoms with Crippen LogP contribution in [-0.4, -0.2) is 44.4 Å². The zero-order valence-corrected chi connectivity index (χ0v) is 16.8. The first kappa shape index (κ1) is 22.5. The smallest absolute Gasteiger partial charge is 0.306 e. The number of hydrogen-bond acceptors (Lipinski definition) is 5. The fourth-order valence-corrected chi connectivity index (χ4v) is 3.57. The van der Waals surface area contributed by atoms with E-state index in [1.165, 1.54) is 13.8 Å². The van der Waals surface area contributed by atoms with Gasteiger partial charge in [0.25, 0.3) is 0 Å². The lowest BCUT2D eigenvalue weighted by molar-refractivity contribution is -0.142. The lowest BCUT2D eigenvalue weighted by atomic mass is 9.86. The Hall–Kier alpha value is -2.77. The number of phenolic OH excluding ortho intramolecular Hbond substituents is 1. The number of rotatable bonds is 9. The van der Waals surface area contributed by atoms with E-state index in [2.05, 4.69) is 0 Å². The summed E-state index contributed by atoms with van der Waals surface area (Å²) in [4.78, 5) is 33.9. The Morgan fingerprint density at radius 3 is 2.00 bits per heavy atom. The number of phenols is 1. The average molecular weight is 408 g/mol. The summed E-state index contributed by atoms with van der Waals surface area (Å²) >= 11 is 0. The number of aromatic hydroxyl groups is 1. The Kier molecular flexibility index (Phi) is 7.11. The Morgan fingerprint density at radius 2 is 1.48 bits per heavy atom. The van der Waals surface area contributed by atoms with Crippen LogP contribution in [0.15, 0.2) is 6.07 Å². The van der Waals surface area contributed by atoms with Gasteiger partial charge in [-0.3, -0.25) is 14.4 Å². The SMILES string of the molecule is CC(Cc1c(O)cc2c(c1CC(C)C(=O)O)OC(CC(C)C(=O)O)CC2)C(=O)O.